The van der Waals surface area contributed by atoms with Crippen LogP contribution in [0.15, 0.2) is 65.8 Å². The Labute approximate surface area is 240 Å². The number of hydrogen-bond donors (Lipinski definition) is 8. The summed E-state index contributed by atoms with van der Waals surface area (Å²) >= 11 is 6.64. The molecule has 0 spiro atoms. The number of nitrogens with two attached hydrogens (primary N) is 2. The fraction of sp³-hybridized carbons (Fsp3) is 0.0909. The lowest BCUT2D eigenvalue weighted by Gasteiger charge is -1.95. The number of hydrazine groups is 2. The lowest BCUT2D eigenvalue weighted by Crippen LogP contribution is -2.37. The van der Waals surface area contributed by atoms with Gasteiger partial charge in [0.15, 0.2) is 11.4 Å². The van der Waals surface area contributed by atoms with Crippen molar-refractivity contribution in [2.24, 2.45) is 32.1 Å². The molecule has 0 saturated heterocycles. The zero-order valence-electron chi connectivity index (χ0n) is 20.1. The van der Waals surface area contributed by atoms with Crippen molar-refractivity contribution in [1.29, 1.82) is 0 Å². The Hall–Kier alpha value is -4.52. The van der Waals surface area contributed by atoms with Gasteiger partial charge in [0.2, 0.25) is 23.6 Å². The SMILES string of the molecule is NNC(=O)CC(=O)NN.O=C(CC(=O)N=Nc1c(O)[nH]c2ccc(Br)cc12)N=Nc1c(O)[nH]c2ccc(Br)cc12. The van der Waals surface area contributed by atoms with Gasteiger partial charge >= 0.3 is 0 Å². The topological polar surface area (TPSA) is 266 Å². The van der Waals surface area contributed by atoms with Gasteiger partial charge in [-0.3, -0.25) is 30.0 Å². The van der Waals surface area contributed by atoms with Crippen LogP contribution in [-0.4, -0.2) is 43.8 Å². The molecule has 2 aromatic carbocycles. The monoisotopic (exact) mass is 678 g/mol. The molecule has 0 bridgehead atoms. The van der Waals surface area contributed by atoms with E-state index in [-0.39, 0.29) is 29.6 Å². The lowest BCUT2D eigenvalue weighted by atomic mass is 10.2. The molecule has 0 aliphatic carbocycles. The normalized spacial score (nSPS) is 11.1. The molecule has 4 amide bonds. The van der Waals surface area contributed by atoms with Gasteiger partial charge < -0.3 is 20.2 Å². The second-order valence-electron chi connectivity index (χ2n) is 7.70. The van der Waals surface area contributed by atoms with Crippen LogP contribution in [0.3, 0.4) is 0 Å². The number of halogens is 2. The highest BCUT2D eigenvalue weighted by atomic mass is 79.9. The van der Waals surface area contributed by atoms with Crippen LogP contribution in [0.4, 0.5) is 11.4 Å². The third kappa shape index (κ3) is 7.76. The van der Waals surface area contributed by atoms with Crippen molar-refractivity contribution in [2.75, 3.05) is 0 Å². The number of rotatable bonds is 6. The van der Waals surface area contributed by atoms with Gasteiger partial charge in [0.05, 0.1) is 11.0 Å². The zero-order valence-corrected chi connectivity index (χ0v) is 23.3. The molecule has 0 unspecified atom stereocenters. The molecule has 208 valence electrons. The van der Waals surface area contributed by atoms with Crippen molar-refractivity contribution in [3.8, 4) is 11.8 Å². The molecule has 0 aliphatic rings. The van der Waals surface area contributed by atoms with E-state index >= 15 is 0 Å². The fourth-order valence-corrected chi connectivity index (χ4v) is 3.86. The summed E-state index contributed by atoms with van der Waals surface area (Å²) < 4.78 is 1.51. The van der Waals surface area contributed by atoms with Crippen LogP contribution in [0.1, 0.15) is 12.8 Å². The number of benzene rings is 2. The van der Waals surface area contributed by atoms with Gasteiger partial charge in [-0.1, -0.05) is 31.9 Å². The van der Waals surface area contributed by atoms with Gasteiger partial charge in [0.1, 0.15) is 12.8 Å². The molecule has 2 heterocycles. The van der Waals surface area contributed by atoms with Gasteiger partial charge in [0.25, 0.3) is 11.8 Å². The van der Waals surface area contributed by atoms with E-state index in [9.17, 15) is 29.4 Å². The first-order valence-corrected chi connectivity index (χ1v) is 12.5. The highest BCUT2D eigenvalue weighted by Crippen LogP contribution is 2.38. The maximum Gasteiger partial charge on any atom is 0.274 e. The van der Waals surface area contributed by atoms with Crippen LogP contribution in [-0.2, 0) is 19.2 Å². The van der Waals surface area contributed by atoms with Crippen molar-refractivity contribution in [2.45, 2.75) is 12.8 Å². The van der Waals surface area contributed by atoms with Crippen LogP contribution < -0.4 is 22.5 Å². The van der Waals surface area contributed by atoms with Crippen molar-refractivity contribution < 1.29 is 29.4 Å². The van der Waals surface area contributed by atoms with Crippen LogP contribution in [0.5, 0.6) is 11.8 Å². The highest BCUT2D eigenvalue weighted by Gasteiger charge is 2.15. The Morgan fingerprint density at radius 2 is 1.12 bits per heavy atom. The summed E-state index contributed by atoms with van der Waals surface area (Å²) in [6.07, 6.45) is -1.01. The molecule has 4 rings (SSSR count). The van der Waals surface area contributed by atoms with E-state index in [0.717, 1.165) is 8.95 Å². The summed E-state index contributed by atoms with van der Waals surface area (Å²) in [5.41, 5.74) is 4.92. The average molecular weight is 680 g/mol. The van der Waals surface area contributed by atoms with Gasteiger partial charge in [-0.15, -0.1) is 20.5 Å². The minimum atomic E-state index is -0.862. The molecule has 0 aliphatic heterocycles. The first kappa shape index (κ1) is 30.0. The summed E-state index contributed by atoms with van der Waals surface area (Å²) in [6, 6.07) is 10.4. The molecule has 2 aromatic heterocycles. The van der Waals surface area contributed by atoms with Gasteiger partial charge in [-0.25, -0.2) is 11.7 Å². The molecule has 18 heteroatoms. The average Bonchev–Trinajstić information content (AvgIpc) is 3.39. The Morgan fingerprint density at radius 3 is 1.50 bits per heavy atom. The largest absolute Gasteiger partial charge is 0.493 e. The molecule has 0 fully saturated rings. The minimum absolute atomic E-state index is 0.0769. The minimum Gasteiger partial charge on any atom is -0.493 e. The molecule has 16 nitrogen and oxygen atoms in total. The fourth-order valence-electron chi connectivity index (χ4n) is 3.13. The first-order chi connectivity index (χ1) is 19.0. The van der Waals surface area contributed by atoms with Gasteiger partial charge in [0, 0.05) is 19.7 Å². The summed E-state index contributed by atoms with van der Waals surface area (Å²) in [6.45, 7) is 0. The maximum absolute atomic E-state index is 12.0. The number of H-pyrrole nitrogens is 2. The molecular formula is C22H20Br2N10O6. The van der Waals surface area contributed by atoms with E-state index in [0.29, 0.717) is 21.8 Å². The number of carbonyl (C=O) groups is 4. The zero-order chi connectivity index (χ0) is 29.4. The number of aromatic nitrogens is 2. The van der Waals surface area contributed by atoms with E-state index < -0.39 is 30.0 Å². The summed E-state index contributed by atoms with van der Waals surface area (Å²) in [5, 5.41) is 35.5. The Balaban J connectivity index is 0.000000424. The molecule has 40 heavy (non-hydrogen) atoms. The maximum atomic E-state index is 12.0. The van der Waals surface area contributed by atoms with Crippen LogP contribution in [0.25, 0.3) is 21.8 Å². The second-order valence-corrected chi connectivity index (χ2v) is 9.53. The predicted octanol–water partition coefficient (Wildman–Crippen LogP) is 3.25. The van der Waals surface area contributed by atoms with Crippen LogP contribution in [0.2, 0.25) is 0 Å². The number of hydrogen-bond acceptors (Lipinski definition) is 10. The highest BCUT2D eigenvalue weighted by molar-refractivity contribution is 9.10. The molecule has 0 atom stereocenters. The Kier molecular flexibility index (Phi) is 10.1. The van der Waals surface area contributed by atoms with E-state index in [1.54, 1.807) is 47.2 Å². The standard InChI is InChI=1S/C19H12Br2N6O4.C3H8N4O2/c20-8-1-3-12-10(5-8)16(18(30)22-12)26-24-14(28)7-15(29)25-27-17-11-6-9(21)2-4-13(11)23-19(17)31;4-6-2(8)1-3(9)7-5/h1-6,22-23,30-31H,7H2;1,4-5H2,(H,6,8)(H,7,9). The number of aromatic hydroxyl groups is 2. The second kappa shape index (κ2) is 13.5. The summed E-state index contributed by atoms with van der Waals surface area (Å²) in [4.78, 5) is 49.9. The first-order valence-electron chi connectivity index (χ1n) is 10.9. The summed E-state index contributed by atoms with van der Waals surface area (Å²) in [7, 11) is 0. The smallest absolute Gasteiger partial charge is 0.274 e. The van der Waals surface area contributed by atoms with Gasteiger partial charge in [-0.2, -0.15) is 0 Å². The molecular weight excluding hydrogens is 660 g/mol. The predicted molar refractivity (Wildman–Crippen MR) is 148 cm³/mol. The Bertz CT molecular complexity index is 1540. The van der Waals surface area contributed by atoms with E-state index in [2.05, 4.69) is 74.0 Å². The van der Waals surface area contributed by atoms with E-state index in [1.165, 1.54) is 0 Å². The van der Waals surface area contributed by atoms with Crippen LogP contribution >= 0.6 is 31.9 Å². The van der Waals surface area contributed by atoms with Gasteiger partial charge in [-0.05, 0) is 36.4 Å². The van der Waals surface area contributed by atoms with Crippen molar-refractivity contribution in [3.05, 3.63) is 45.3 Å². The molecule has 0 radical (unpaired) electrons. The number of amides is 4. The molecule has 4 aromatic rings. The van der Waals surface area contributed by atoms with E-state index in [4.69, 9.17) is 0 Å². The quantitative estimate of drug-likeness (QED) is 0.0491. The van der Waals surface area contributed by atoms with Crippen molar-refractivity contribution >= 4 is 88.7 Å². The van der Waals surface area contributed by atoms with Crippen molar-refractivity contribution in [3.63, 3.8) is 0 Å². The third-order valence-corrected chi connectivity index (χ3v) is 5.88. The molecule has 0 saturated carbocycles. The number of nitrogens with zero attached hydrogens (tertiary/aromatic N) is 4. The van der Waals surface area contributed by atoms with Crippen molar-refractivity contribution in [1.82, 2.24) is 20.8 Å². The Morgan fingerprint density at radius 1 is 0.725 bits per heavy atom. The summed E-state index contributed by atoms with van der Waals surface area (Å²) in [5.74, 6) is 5.94. The van der Waals surface area contributed by atoms with Crippen LogP contribution in [0, 0.1) is 0 Å². The number of carbonyl (C=O) groups excluding carboxylic acids is 4. The number of aromatic amines is 2. The number of fused-ring (bicyclic) bond motifs is 2. The molecule has 10 N–H and O–H groups in total. The number of nitrogens with one attached hydrogen (secondary N) is 4. The lowest BCUT2D eigenvalue weighted by molar-refractivity contribution is -0.130. The van der Waals surface area contributed by atoms with E-state index in [1.807, 2.05) is 0 Å². The third-order valence-electron chi connectivity index (χ3n) is 4.90. The number of azo groups is 2.